The lowest BCUT2D eigenvalue weighted by molar-refractivity contribution is -0.146. The van der Waals surface area contributed by atoms with E-state index in [1.807, 2.05) is 16.0 Å². The molecule has 0 aliphatic carbocycles. The summed E-state index contributed by atoms with van der Waals surface area (Å²) in [7, 11) is 0. The Morgan fingerprint density at radius 2 is 1.00 bits per heavy atom. The van der Waals surface area contributed by atoms with Crippen LogP contribution in [0.2, 0.25) is 0 Å². The van der Waals surface area contributed by atoms with Crippen LogP contribution in [0.3, 0.4) is 0 Å². The van der Waals surface area contributed by atoms with Crippen molar-refractivity contribution in [1.82, 2.24) is 63.0 Å². The Hall–Kier alpha value is -8.74. The molecule has 0 unspecified atom stereocenters. The fourth-order valence-electron chi connectivity index (χ4n) is 9.94. The van der Waals surface area contributed by atoms with Crippen LogP contribution in [0.15, 0.2) is 12.2 Å². The number of fused-ring (bicyclic) bond motifs is 2. The van der Waals surface area contributed by atoms with E-state index >= 15 is 0 Å². The molecule has 3 rings (SSSR count). The Morgan fingerprint density at radius 1 is 0.545 bits per heavy atom. The zero-order valence-corrected chi connectivity index (χ0v) is 50.1. The van der Waals surface area contributed by atoms with Crippen LogP contribution in [0, 0.1) is 11.8 Å². The van der Waals surface area contributed by atoms with Gasteiger partial charge in [-0.05, 0) is 62.9 Å². The average molecular weight is 1250 g/mol. The topological polar surface area (TPSA) is 481 Å². The number of carboxylic acids is 4. The minimum Gasteiger partial charge on any atom is -0.481 e. The van der Waals surface area contributed by atoms with Crippen LogP contribution >= 0.6 is 0 Å². The van der Waals surface area contributed by atoms with E-state index in [2.05, 4.69) is 51.1 Å². The molecule has 14 N–H and O–H groups in total. The van der Waals surface area contributed by atoms with Crippen LogP contribution in [0.5, 0.6) is 0 Å². The number of amides is 12. The lowest BCUT2D eigenvalue weighted by atomic mass is 9.99. The monoisotopic (exact) mass is 1250 g/mol. The molecule has 32 nitrogen and oxygen atoms in total. The summed E-state index contributed by atoms with van der Waals surface area (Å²) in [6.45, 7) is 3.48. The molecule has 0 aromatic heterocycles. The van der Waals surface area contributed by atoms with E-state index in [0.29, 0.717) is 25.2 Å². The fraction of sp³-hybridized carbons (Fsp3) is 0.679. The molecule has 0 aromatic rings. The maximum Gasteiger partial charge on any atom is 0.326 e. The van der Waals surface area contributed by atoms with Crippen molar-refractivity contribution >= 4 is 94.8 Å². The molecule has 3 heterocycles. The van der Waals surface area contributed by atoms with Gasteiger partial charge in [-0.25, -0.2) is 4.79 Å². The molecule has 3 fully saturated rings. The van der Waals surface area contributed by atoms with Crippen LogP contribution < -0.4 is 53.2 Å². The van der Waals surface area contributed by atoms with Gasteiger partial charge in [0.1, 0.15) is 48.3 Å². The van der Waals surface area contributed by atoms with Gasteiger partial charge >= 0.3 is 23.9 Å². The summed E-state index contributed by atoms with van der Waals surface area (Å²) in [5, 5.41) is 61.0. The lowest BCUT2D eigenvalue weighted by Crippen LogP contribution is -2.61. The highest BCUT2D eigenvalue weighted by atomic mass is 16.4. The maximum absolute atomic E-state index is 14.7. The molecular formula is C56H86N12O20. The van der Waals surface area contributed by atoms with E-state index in [4.69, 9.17) is 0 Å². The summed E-state index contributed by atoms with van der Waals surface area (Å²) in [6.07, 6.45) is 8.52. The molecule has 0 spiro atoms. The zero-order chi connectivity index (χ0) is 65.6. The molecule has 3 aliphatic rings. The van der Waals surface area contributed by atoms with Gasteiger partial charge in [0.05, 0.1) is 45.3 Å². The van der Waals surface area contributed by atoms with E-state index in [9.17, 15) is 97.1 Å². The highest BCUT2D eigenvalue weighted by Crippen LogP contribution is 2.22. The number of allylic oxidation sites excluding steroid dienone is 1. The van der Waals surface area contributed by atoms with Gasteiger partial charge in [-0.1, -0.05) is 78.7 Å². The van der Waals surface area contributed by atoms with Gasteiger partial charge < -0.3 is 83.4 Å². The molecular weight excluding hydrogens is 1160 g/mol. The summed E-state index contributed by atoms with van der Waals surface area (Å²) in [5.74, 6) is -19.5. The number of carboxylic acid groups (broad SMARTS) is 4. The molecule has 32 heteroatoms. The largest absolute Gasteiger partial charge is 0.481 e. The Bertz CT molecular complexity index is 2580. The first-order valence-electron chi connectivity index (χ1n) is 29.6. The smallest absolute Gasteiger partial charge is 0.326 e. The van der Waals surface area contributed by atoms with Gasteiger partial charge in [0.2, 0.25) is 70.9 Å². The second-order valence-electron chi connectivity index (χ2n) is 22.6. The van der Waals surface area contributed by atoms with Crippen molar-refractivity contribution in [3.05, 3.63) is 12.2 Å². The van der Waals surface area contributed by atoms with Crippen molar-refractivity contribution in [3.8, 4) is 0 Å². The molecule has 3 aliphatic heterocycles. The molecule has 12 amide bonds. The Balaban J connectivity index is 1.97. The lowest BCUT2D eigenvalue weighted by Gasteiger charge is -2.37. The number of carbonyl (C=O) groups excluding carboxylic acids is 12. The molecule has 0 aromatic carbocycles. The Morgan fingerprint density at radius 3 is 1.50 bits per heavy atom. The molecule has 88 heavy (non-hydrogen) atoms. The van der Waals surface area contributed by atoms with Crippen molar-refractivity contribution in [2.75, 3.05) is 39.3 Å². The Kier molecular flexibility index (Phi) is 31.5. The highest BCUT2D eigenvalue weighted by Gasteiger charge is 2.42. The minimum atomic E-state index is -1.93. The minimum absolute atomic E-state index is 0.0252. The first-order valence-corrected chi connectivity index (χ1v) is 29.6. The molecule has 3 saturated heterocycles. The number of unbranched alkanes of at least 4 members (excludes halogenated alkanes) is 7. The van der Waals surface area contributed by atoms with E-state index in [0.717, 1.165) is 48.0 Å². The zero-order valence-electron chi connectivity index (χ0n) is 50.1. The predicted molar refractivity (Wildman–Crippen MR) is 307 cm³/mol. The summed E-state index contributed by atoms with van der Waals surface area (Å²) in [4.78, 5) is 213. The van der Waals surface area contributed by atoms with Gasteiger partial charge in [-0.2, -0.15) is 0 Å². The predicted octanol–water partition coefficient (Wildman–Crippen LogP) is -2.98. The first-order chi connectivity index (χ1) is 41.6. The number of aliphatic carboxylic acids is 4. The average Bonchev–Trinajstić information content (AvgIpc) is 2.75. The van der Waals surface area contributed by atoms with Crippen LogP contribution in [0.4, 0.5) is 0 Å². The van der Waals surface area contributed by atoms with E-state index in [-0.39, 0.29) is 32.4 Å². The third-order valence-corrected chi connectivity index (χ3v) is 14.6. The van der Waals surface area contributed by atoms with Crippen LogP contribution in [-0.4, -0.2) is 213 Å². The number of hydrogen-bond donors (Lipinski definition) is 14. The van der Waals surface area contributed by atoms with Gasteiger partial charge in [-0.15, -0.1) is 0 Å². The van der Waals surface area contributed by atoms with Crippen LogP contribution in [0.25, 0.3) is 0 Å². The standard InChI is InChI=1S/C56H86N12O20/c1-31(2)17-12-10-8-6-5-7-9-11-13-20-40(69)64-36(56(87)88)23-41(70)65-37-27-57-52(83)39-19-16-22-68(39)55(86)48(32(3)4)66-51(82)35(26-47(78)79)63-43(72)29-59-49(80)33(24-45(74)75)61-42(71)28-58-50(81)34(25-46(76)77)62-44(73)30-60-53(84)38-18-14-15-21-67(38)54(37)85/h13,20,31-39,48H,5-12,14-19,21-30H2,1-4H3,(H,57,83)(H,58,81)(H,59,80)(H,60,84)(H,61,71)(H,62,73)(H,63,72)(H,64,69)(H,65,70)(H,66,82)(H,74,75)(H,76,77)(H,78,79)(H,87,88)/b20-13+/t33-,34-,35-,36-,37-,38-,39-,48-/m0/s1. The number of hydrogen-bond acceptors (Lipinski definition) is 16. The summed E-state index contributed by atoms with van der Waals surface area (Å²) < 4.78 is 0. The van der Waals surface area contributed by atoms with Gasteiger partial charge in [0.25, 0.3) is 0 Å². The number of nitrogens with zero attached hydrogens (tertiary/aromatic N) is 2. The van der Waals surface area contributed by atoms with E-state index in [1.165, 1.54) is 33.1 Å². The summed E-state index contributed by atoms with van der Waals surface area (Å²) >= 11 is 0. The van der Waals surface area contributed by atoms with Crippen molar-refractivity contribution in [2.24, 2.45) is 11.8 Å². The number of nitrogens with one attached hydrogen (secondary N) is 10. The van der Waals surface area contributed by atoms with Gasteiger partial charge in [0.15, 0.2) is 0 Å². The van der Waals surface area contributed by atoms with Crippen molar-refractivity contribution < 1.29 is 97.1 Å². The molecule has 0 radical (unpaired) electrons. The van der Waals surface area contributed by atoms with Crippen LogP contribution in [-0.2, 0) is 76.7 Å². The van der Waals surface area contributed by atoms with E-state index < -0.39 is 201 Å². The van der Waals surface area contributed by atoms with E-state index in [1.54, 1.807) is 6.08 Å². The number of piperidine rings is 1. The third kappa shape index (κ3) is 26.5. The molecule has 490 valence electrons. The van der Waals surface area contributed by atoms with Gasteiger partial charge in [0, 0.05) is 19.6 Å². The van der Waals surface area contributed by atoms with Crippen molar-refractivity contribution in [3.63, 3.8) is 0 Å². The Labute approximate surface area is 508 Å². The van der Waals surface area contributed by atoms with Crippen molar-refractivity contribution in [2.45, 2.75) is 192 Å². The number of carbonyl (C=O) groups is 16. The highest BCUT2D eigenvalue weighted by molar-refractivity contribution is 6.00. The summed E-state index contributed by atoms with van der Waals surface area (Å²) in [5.41, 5.74) is 0. The molecule has 8 atom stereocenters. The second kappa shape index (κ2) is 37.7. The van der Waals surface area contributed by atoms with Crippen molar-refractivity contribution in [1.29, 1.82) is 0 Å². The fourth-order valence-corrected chi connectivity index (χ4v) is 9.94. The quantitative estimate of drug-likeness (QED) is 0.0359. The van der Waals surface area contributed by atoms with Gasteiger partial charge in [-0.3, -0.25) is 71.9 Å². The maximum atomic E-state index is 14.7. The van der Waals surface area contributed by atoms with Crippen LogP contribution in [0.1, 0.15) is 143 Å². The second-order valence-corrected chi connectivity index (χ2v) is 22.6. The first kappa shape index (κ1) is 73.5. The molecule has 0 bridgehead atoms. The molecule has 0 saturated carbocycles. The normalized spacial score (nSPS) is 23.3. The third-order valence-electron chi connectivity index (χ3n) is 14.6. The number of rotatable bonds is 23. The summed E-state index contributed by atoms with van der Waals surface area (Å²) in [6, 6.07) is -13.5. The SMILES string of the molecule is CC(C)CCCCCCCCC/C=C/C(=O)N[C@@H](CC(=O)N[C@H]1CNC(=O)[C@@H]2CCCN2C(=O)[C@H](C(C)C)NC(=O)[C@H](CC(=O)O)NC(=O)CNC(=O)[C@H](CC(=O)O)NC(=O)CNC(=O)[C@H](CC(=O)O)NC(=O)CNC(=O)[C@@H]2CCCCN2C1=O)C(=O)O.